The molecule has 5 heteroatoms. The van der Waals surface area contributed by atoms with Gasteiger partial charge in [-0.25, -0.2) is 4.79 Å². The molecule has 0 fully saturated rings. The number of benzene rings is 1. The molecule has 0 bridgehead atoms. The quantitative estimate of drug-likeness (QED) is 0.911. The summed E-state index contributed by atoms with van der Waals surface area (Å²) in [4.78, 5) is 11.1. The smallest absolute Gasteiger partial charge is 0.336 e. The van der Waals surface area contributed by atoms with Crippen molar-refractivity contribution in [3.63, 3.8) is 0 Å². The first-order chi connectivity index (χ1) is 8.13. The second kappa shape index (κ2) is 4.77. The second-order valence-corrected chi connectivity index (χ2v) is 4.13. The fraction of sp³-hybridized carbons (Fsp3) is 0.250. The van der Waals surface area contributed by atoms with Crippen LogP contribution in [0.3, 0.4) is 0 Å². The van der Waals surface area contributed by atoms with Gasteiger partial charge in [0.1, 0.15) is 0 Å². The van der Waals surface area contributed by atoms with Crippen LogP contribution in [0.1, 0.15) is 10.4 Å². The number of hydrogen-bond donors (Lipinski definition) is 1. The Morgan fingerprint density at radius 2 is 2.29 bits per heavy atom. The lowest BCUT2D eigenvalue weighted by molar-refractivity contribution is 0.0699. The molecular formula is C12H12ClNO3. The molecule has 17 heavy (non-hydrogen) atoms. The molecule has 0 spiro atoms. The van der Waals surface area contributed by atoms with Gasteiger partial charge >= 0.3 is 5.97 Å². The summed E-state index contributed by atoms with van der Waals surface area (Å²) in [7, 11) is 1.63. The average molecular weight is 254 g/mol. The van der Waals surface area contributed by atoms with Crippen LogP contribution in [0.15, 0.2) is 24.4 Å². The molecule has 1 heterocycles. The fourth-order valence-electron chi connectivity index (χ4n) is 1.82. The Morgan fingerprint density at radius 1 is 1.53 bits per heavy atom. The Morgan fingerprint density at radius 3 is 2.94 bits per heavy atom. The molecule has 2 rings (SSSR count). The molecular weight excluding hydrogens is 242 g/mol. The highest BCUT2D eigenvalue weighted by Gasteiger charge is 2.12. The predicted octanol–water partition coefficient (Wildman–Crippen LogP) is 2.64. The summed E-state index contributed by atoms with van der Waals surface area (Å²) < 4.78 is 6.93. The number of halogens is 1. The minimum atomic E-state index is -0.970. The van der Waals surface area contributed by atoms with E-state index in [-0.39, 0.29) is 5.56 Å². The third-order valence-electron chi connectivity index (χ3n) is 2.62. The standard InChI is InChI=1S/C12H12ClNO3/c1-17-5-4-14-3-2-9-10(12(15)16)6-8(13)7-11(9)14/h2-3,6-7H,4-5H2,1H3,(H,15,16). The van der Waals surface area contributed by atoms with Crippen LogP contribution in [0.2, 0.25) is 5.02 Å². The van der Waals surface area contributed by atoms with Gasteiger partial charge in [0.15, 0.2) is 0 Å². The maximum atomic E-state index is 11.1. The van der Waals surface area contributed by atoms with E-state index in [1.165, 1.54) is 6.07 Å². The third kappa shape index (κ3) is 2.28. The Labute approximate surface area is 103 Å². The summed E-state index contributed by atoms with van der Waals surface area (Å²) in [5.41, 5.74) is 1.04. The van der Waals surface area contributed by atoms with E-state index in [4.69, 9.17) is 21.4 Å². The maximum Gasteiger partial charge on any atom is 0.336 e. The molecule has 0 saturated carbocycles. The van der Waals surface area contributed by atoms with Crippen LogP contribution in [0.4, 0.5) is 0 Å². The van der Waals surface area contributed by atoms with Crippen LogP contribution >= 0.6 is 11.6 Å². The lowest BCUT2D eigenvalue weighted by atomic mass is 10.1. The fourth-order valence-corrected chi connectivity index (χ4v) is 2.04. The van der Waals surface area contributed by atoms with Gasteiger partial charge in [0, 0.05) is 30.3 Å². The van der Waals surface area contributed by atoms with Crippen LogP contribution < -0.4 is 0 Å². The van der Waals surface area contributed by atoms with E-state index in [9.17, 15) is 4.79 Å². The summed E-state index contributed by atoms with van der Waals surface area (Å²) in [6.45, 7) is 1.23. The van der Waals surface area contributed by atoms with Crippen molar-refractivity contribution in [2.75, 3.05) is 13.7 Å². The normalized spacial score (nSPS) is 10.9. The molecule has 0 radical (unpaired) electrons. The van der Waals surface area contributed by atoms with Gasteiger partial charge in [-0.15, -0.1) is 0 Å². The molecule has 0 atom stereocenters. The molecule has 0 unspecified atom stereocenters. The number of aromatic nitrogens is 1. The van der Waals surface area contributed by atoms with Crippen molar-refractivity contribution >= 4 is 28.5 Å². The van der Waals surface area contributed by atoms with E-state index in [0.717, 1.165) is 5.52 Å². The summed E-state index contributed by atoms with van der Waals surface area (Å²) >= 11 is 5.92. The Hall–Kier alpha value is -1.52. The highest BCUT2D eigenvalue weighted by molar-refractivity contribution is 6.32. The molecule has 90 valence electrons. The number of ether oxygens (including phenoxy) is 1. The largest absolute Gasteiger partial charge is 0.478 e. The van der Waals surface area contributed by atoms with Crippen molar-refractivity contribution in [2.24, 2.45) is 0 Å². The van der Waals surface area contributed by atoms with Gasteiger partial charge in [-0.2, -0.15) is 0 Å². The van der Waals surface area contributed by atoms with Gasteiger partial charge in [-0.05, 0) is 18.2 Å². The van der Waals surface area contributed by atoms with Crippen molar-refractivity contribution < 1.29 is 14.6 Å². The lowest BCUT2D eigenvalue weighted by Crippen LogP contribution is -2.03. The molecule has 1 N–H and O–H groups in total. The minimum Gasteiger partial charge on any atom is -0.478 e. The molecule has 0 saturated heterocycles. The highest BCUT2D eigenvalue weighted by atomic mass is 35.5. The maximum absolute atomic E-state index is 11.1. The second-order valence-electron chi connectivity index (χ2n) is 3.69. The first-order valence-corrected chi connectivity index (χ1v) is 5.52. The van der Waals surface area contributed by atoms with Crippen LogP contribution in [-0.2, 0) is 11.3 Å². The molecule has 0 aliphatic heterocycles. The van der Waals surface area contributed by atoms with Crippen molar-refractivity contribution in [3.8, 4) is 0 Å². The Bertz CT molecular complexity index is 562. The first-order valence-electron chi connectivity index (χ1n) is 5.14. The van der Waals surface area contributed by atoms with Gasteiger partial charge in [-0.3, -0.25) is 0 Å². The number of carboxylic acid groups (broad SMARTS) is 1. The average Bonchev–Trinajstić information content (AvgIpc) is 2.68. The number of aromatic carboxylic acids is 1. The van der Waals surface area contributed by atoms with Crippen molar-refractivity contribution in [1.29, 1.82) is 0 Å². The summed E-state index contributed by atoms with van der Waals surface area (Å²) in [6, 6.07) is 5.01. The van der Waals surface area contributed by atoms with Crippen LogP contribution in [0.25, 0.3) is 10.9 Å². The number of methoxy groups -OCH3 is 1. The van der Waals surface area contributed by atoms with Gasteiger partial charge in [0.05, 0.1) is 17.7 Å². The van der Waals surface area contributed by atoms with Crippen LogP contribution in [0, 0.1) is 0 Å². The van der Waals surface area contributed by atoms with Crippen molar-refractivity contribution in [1.82, 2.24) is 4.57 Å². The molecule has 0 aliphatic carbocycles. The number of carboxylic acids is 1. The minimum absolute atomic E-state index is 0.226. The zero-order valence-corrected chi connectivity index (χ0v) is 10.1. The molecule has 0 aliphatic rings. The molecule has 4 nitrogen and oxygen atoms in total. The number of hydrogen-bond acceptors (Lipinski definition) is 2. The number of carbonyl (C=O) groups is 1. The molecule has 2 aromatic rings. The zero-order chi connectivity index (χ0) is 12.4. The van der Waals surface area contributed by atoms with E-state index in [0.29, 0.717) is 23.6 Å². The van der Waals surface area contributed by atoms with Crippen molar-refractivity contribution in [2.45, 2.75) is 6.54 Å². The SMILES string of the molecule is COCCn1ccc2c(C(=O)O)cc(Cl)cc21. The highest BCUT2D eigenvalue weighted by Crippen LogP contribution is 2.25. The van der Waals surface area contributed by atoms with Crippen LogP contribution in [-0.4, -0.2) is 29.4 Å². The predicted molar refractivity (Wildman–Crippen MR) is 65.8 cm³/mol. The van der Waals surface area contributed by atoms with E-state index >= 15 is 0 Å². The van der Waals surface area contributed by atoms with Crippen LogP contribution in [0.5, 0.6) is 0 Å². The number of rotatable bonds is 4. The monoisotopic (exact) mass is 253 g/mol. The van der Waals surface area contributed by atoms with E-state index in [1.807, 2.05) is 10.8 Å². The topological polar surface area (TPSA) is 51.5 Å². The van der Waals surface area contributed by atoms with Gasteiger partial charge in [0.25, 0.3) is 0 Å². The van der Waals surface area contributed by atoms with Gasteiger partial charge in [-0.1, -0.05) is 11.6 Å². The molecule has 0 amide bonds. The number of fused-ring (bicyclic) bond motifs is 1. The number of nitrogens with zero attached hydrogens (tertiary/aromatic N) is 1. The Kier molecular flexibility index (Phi) is 3.36. The molecule has 1 aromatic carbocycles. The van der Waals surface area contributed by atoms with Gasteiger partial charge in [0.2, 0.25) is 0 Å². The van der Waals surface area contributed by atoms with Crippen molar-refractivity contribution in [3.05, 3.63) is 35.0 Å². The summed E-state index contributed by atoms with van der Waals surface area (Å²) in [6.07, 6.45) is 1.84. The Balaban J connectivity index is 2.56. The van der Waals surface area contributed by atoms with E-state index in [2.05, 4.69) is 0 Å². The lowest BCUT2D eigenvalue weighted by Gasteiger charge is -2.06. The summed E-state index contributed by atoms with van der Waals surface area (Å²) in [5.74, 6) is -0.970. The third-order valence-corrected chi connectivity index (χ3v) is 2.84. The summed E-state index contributed by atoms with van der Waals surface area (Å²) in [5, 5.41) is 10.2. The van der Waals surface area contributed by atoms with E-state index in [1.54, 1.807) is 19.2 Å². The van der Waals surface area contributed by atoms with Gasteiger partial charge < -0.3 is 14.4 Å². The molecule has 1 aromatic heterocycles. The zero-order valence-electron chi connectivity index (χ0n) is 9.31. The van der Waals surface area contributed by atoms with E-state index < -0.39 is 5.97 Å². The first kappa shape index (κ1) is 12.0.